The number of nitrogens with one attached hydrogen (secondary N) is 1. The van der Waals surface area contributed by atoms with Crippen LogP contribution in [0, 0.1) is 0 Å². The maximum atomic E-state index is 3.53. The standard InChI is InChI=1S/C36H33NP2/c1-2-28-14-9-11-22-34(28)39(27-31-17-13-16-29-24-25-37-36(29)31)35-23-12-10-15-30(35)26-38(32-18-5-3-6-19-32)33-20-7-4-8-21-33/h3-25,37H,2,26-27H2,1H3. The molecular weight excluding hydrogens is 508 g/mol. The van der Waals surface area contributed by atoms with E-state index in [0.29, 0.717) is 0 Å². The van der Waals surface area contributed by atoms with Crippen LogP contribution in [0.5, 0.6) is 0 Å². The van der Waals surface area contributed by atoms with Crippen LogP contribution in [0.15, 0.2) is 140 Å². The molecule has 0 aliphatic rings. The molecular formula is C36H33NP2. The summed E-state index contributed by atoms with van der Waals surface area (Å²) >= 11 is 0. The first kappa shape index (κ1) is 25.8. The van der Waals surface area contributed by atoms with Crippen molar-refractivity contribution in [1.82, 2.24) is 4.98 Å². The van der Waals surface area contributed by atoms with Crippen molar-refractivity contribution in [3.05, 3.63) is 156 Å². The quantitative estimate of drug-likeness (QED) is 0.179. The third-order valence-electron chi connectivity index (χ3n) is 7.41. The maximum Gasteiger partial charge on any atom is 0.0490 e. The molecule has 1 N–H and O–H groups in total. The van der Waals surface area contributed by atoms with E-state index in [0.717, 1.165) is 18.7 Å². The number of aryl methyl sites for hydroxylation is 1. The zero-order valence-electron chi connectivity index (χ0n) is 22.3. The van der Waals surface area contributed by atoms with Crippen molar-refractivity contribution in [1.29, 1.82) is 0 Å². The summed E-state index contributed by atoms with van der Waals surface area (Å²) in [5.74, 6) is 0. The van der Waals surface area contributed by atoms with Gasteiger partial charge in [-0.15, -0.1) is 0 Å². The highest BCUT2D eigenvalue weighted by Crippen LogP contribution is 2.44. The van der Waals surface area contributed by atoms with E-state index in [1.807, 2.05) is 0 Å². The van der Waals surface area contributed by atoms with E-state index in [1.54, 1.807) is 0 Å². The van der Waals surface area contributed by atoms with Crippen LogP contribution in [-0.2, 0) is 18.7 Å². The number of hydrogen-bond donors (Lipinski definition) is 1. The fraction of sp³-hybridized carbons (Fsp3) is 0.111. The van der Waals surface area contributed by atoms with Crippen molar-refractivity contribution < 1.29 is 0 Å². The first-order valence-corrected chi connectivity index (χ1v) is 16.7. The number of aromatic amines is 1. The van der Waals surface area contributed by atoms with E-state index in [1.165, 1.54) is 48.8 Å². The number of para-hydroxylation sites is 1. The minimum absolute atomic E-state index is 0.524. The summed E-state index contributed by atoms with van der Waals surface area (Å²) in [5.41, 5.74) is 5.61. The van der Waals surface area contributed by atoms with Gasteiger partial charge in [-0.1, -0.05) is 134 Å². The molecule has 5 aromatic carbocycles. The Balaban J connectivity index is 1.47. The second kappa shape index (κ2) is 12.1. The SMILES string of the molecule is CCc1ccccc1P(Cc1cccc2cc[nH]c12)c1ccccc1CP(c1ccccc1)c1ccccc1. The summed E-state index contributed by atoms with van der Waals surface area (Å²) < 4.78 is 0. The largest absolute Gasteiger partial charge is 0.361 e. The number of benzene rings is 5. The third kappa shape index (κ3) is 5.62. The average Bonchev–Trinajstić information content (AvgIpc) is 3.50. The molecule has 0 bridgehead atoms. The highest BCUT2D eigenvalue weighted by Gasteiger charge is 2.23. The van der Waals surface area contributed by atoms with Crippen LogP contribution in [0.2, 0.25) is 0 Å². The van der Waals surface area contributed by atoms with Crippen molar-refractivity contribution in [3.63, 3.8) is 0 Å². The van der Waals surface area contributed by atoms with Gasteiger partial charge in [-0.3, -0.25) is 0 Å². The van der Waals surface area contributed by atoms with Crippen LogP contribution < -0.4 is 21.2 Å². The van der Waals surface area contributed by atoms with Gasteiger partial charge < -0.3 is 4.98 Å². The number of aromatic nitrogens is 1. The van der Waals surface area contributed by atoms with Crippen LogP contribution in [-0.4, -0.2) is 4.98 Å². The summed E-state index contributed by atoms with van der Waals surface area (Å²) in [7, 11) is -1.13. The van der Waals surface area contributed by atoms with Crippen molar-refractivity contribution in [2.24, 2.45) is 0 Å². The molecule has 0 spiro atoms. The molecule has 1 aromatic heterocycles. The summed E-state index contributed by atoms with van der Waals surface area (Å²) in [6.07, 6.45) is 5.18. The Hall–Kier alpha value is -3.50. The Morgan fingerprint density at radius 3 is 1.69 bits per heavy atom. The van der Waals surface area contributed by atoms with Crippen LogP contribution in [0.1, 0.15) is 23.6 Å². The second-order valence-electron chi connectivity index (χ2n) is 9.81. The van der Waals surface area contributed by atoms with Gasteiger partial charge in [0, 0.05) is 24.0 Å². The molecule has 1 heterocycles. The first-order chi connectivity index (χ1) is 19.3. The smallest absolute Gasteiger partial charge is 0.0490 e. The Morgan fingerprint density at radius 2 is 1.03 bits per heavy atom. The lowest BCUT2D eigenvalue weighted by atomic mass is 10.2. The highest BCUT2D eigenvalue weighted by molar-refractivity contribution is 7.73. The van der Waals surface area contributed by atoms with Gasteiger partial charge in [0.15, 0.2) is 0 Å². The van der Waals surface area contributed by atoms with E-state index in [9.17, 15) is 0 Å². The van der Waals surface area contributed by atoms with Crippen molar-refractivity contribution in [3.8, 4) is 0 Å². The number of H-pyrrole nitrogens is 1. The Morgan fingerprint density at radius 1 is 0.487 bits per heavy atom. The minimum atomic E-state index is -0.607. The molecule has 0 aliphatic carbocycles. The molecule has 1 atom stereocenters. The van der Waals surface area contributed by atoms with Gasteiger partial charge >= 0.3 is 0 Å². The summed E-state index contributed by atoms with van der Waals surface area (Å²) in [6.45, 7) is 2.29. The van der Waals surface area contributed by atoms with Crippen molar-refractivity contribution in [2.75, 3.05) is 0 Å². The van der Waals surface area contributed by atoms with Crippen molar-refractivity contribution in [2.45, 2.75) is 25.7 Å². The first-order valence-electron chi connectivity index (χ1n) is 13.7. The van der Waals surface area contributed by atoms with Gasteiger partial charge in [0.25, 0.3) is 0 Å². The van der Waals surface area contributed by atoms with Crippen molar-refractivity contribution >= 4 is 48.0 Å². The van der Waals surface area contributed by atoms with Gasteiger partial charge in [-0.05, 0) is 71.6 Å². The van der Waals surface area contributed by atoms with Crippen LogP contribution in [0.3, 0.4) is 0 Å². The fourth-order valence-electron chi connectivity index (χ4n) is 5.45. The Bertz CT molecular complexity index is 1620. The van der Waals surface area contributed by atoms with Crippen LogP contribution in [0.25, 0.3) is 10.9 Å². The Kier molecular flexibility index (Phi) is 8.01. The summed E-state index contributed by atoms with van der Waals surface area (Å²) in [5, 5.41) is 7.17. The molecule has 0 fully saturated rings. The van der Waals surface area contributed by atoms with Crippen LogP contribution >= 0.6 is 15.8 Å². The fourth-order valence-corrected chi connectivity index (χ4v) is 10.7. The van der Waals surface area contributed by atoms with Crippen LogP contribution in [0.4, 0.5) is 0 Å². The van der Waals surface area contributed by atoms with E-state index in [-0.39, 0.29) is 0 Å². The van der Waals surface area contributed by atoms with E-state index in [2.05, 4.69) is 152 Å². The topological polar surface area (TPSA) is 15.8 Å². The second-order valence-corrected chi connectivity index (χ2v) is 14.2. The lowest BCUT2D eigenvalue weighted by molar-refractivity contribution is 1.15. The normalized spacial score (nSPS) is 12.2. The number of hydrogen-bond acceptors (Lipinski definition) is 0. The number of rotatable bonds is 9. The molecule has 0 amide bonds. The molecule has 0 saturated heterocycles. The molecule has 6 aromatic rings. The molecule has 192 valence electrons. The van der Waals surface area contributed by atoms with E-state index < -0.39 is 15.8 Å². The predicted molar refractivity (Wildman–Crippen MR) is 173 cm³/mol. The molecule has 1 nitrogen and oxygen atoms in total. The van der Waals surface area contributed by atoms with Gasteiger partial charge in [0.1, 0.15) is 0 Å². The Labute approximate surface area is 234 Å². The molecule has 6 rings (SSSR count). The lowest BCUT2D eigenvalue weighted by Crippen LogP contribution is -2.21. The molecule has 39 heavy (non-hydrogen) atoms. The zero-order valence-corrected chi connectivity index (χ0v) is 24.1. The molecule has 1 unspecified atom stereocenters. The summed E-state index contributed by atoms with van der Waals surface area (Å²) in [6, 6.07) is 49.5. The zero-order chi connectivity index (χ0) is 26.4. The minimum Gasteiger partial charge on any atom is -0.361 e. The maximum absolute atomic E-state index is 3.53. The molecule has 3 heteroatoms. The predicted octanol–water partition coefficient (Wildman–Crippen LogP) is 8.00. The lowest BCUT2D eigenvalue weighted by Gasteiger charge is -2.26. The molecule has 0 saturated carbocycles. The average molecular weight is 542 g/mol. The number of fused-ring (bicyclic) bond motifs is 1. The van der Waals surface area contributed by atoms with Gasteiger partial charge in [-0.25, -0.2) is 0 Å². The highest BCUT2D eigenvalue weighted by atomic mass is 31.1. The summed E-state index contributed by atoms with van der Waals surface area (Å²) in [4.78, 5) is 3.53. The molecule has 0 radical (unpaired) electrons. The monoisotopic (exact) mass is 541 g/mol. The van der Waals surface area contributed by atoms with Gasteiger partial charge in [0.2, 0.25) is 0 Å². The van der Waals surface area contributed by atoms with E-state index in [4.69, 9.17) is 0 Å². The van der Waals surface area contributed by atoms with E-state index >= 15 is 0 Å². The van der Waals surface area contributed by atoms with Gasteiger partial charge in [-0.2, -0.15) is 0 Å². The molecule has 0 aliphatic heterocycles. The third-order valence-corrected chi connectivity index (χ3v) is 12.6. The van der Waals surface area contributed by atoms with Gasteiger partial charge in [0.05, 0.1) is 0 Å².